The zero-order valence-corrected chi connectivity index (χ0v) is 9.19. The lowest BCUT2D eigenvalue weighted by atomic mass is 10.1. The van der Waals surface area contributed by atoms with E-state index in [-0.39, 0.29) is 12.5 Å². The summed E-state index contributed by atoms with van der Waals surface area (Å²) in [5.74, 6) is -3.43. The van der Waals surface area contributed by atoms with Crippen LogP contribution in [0.25, 0.3) is 0 Å². The molecule has 1 aromatic rings. The number of nitro groups is 1. The van der Waals surface area contributed by atoms with Gasteiger partial charge in [0.2, 0.25) is 0 Å². The Morgan fingerprint density at radius 2 is 2.00 bits per heavy atom. The zero-order chi connectivity index (χ0) is 13.3. The molecule has 0 heterocycles. The summed E-state index contributed by atoms with van der Waals surface area (Å²) in [6.07, 6.45) is 1.88. The second-order valence-corrected chi connectivity index (χ2v) is 4.08. The van der Waals surface area contributed by atoms with Crippen molar-refractivity contribution in [1.82, 2.24) is 0 Å². The van der Waals surface area contributed by atoms with Crippen molar-refractivity contribution in [3.8, 4) is 0 Å². The molecule has 0 saturated heterocycles. The van der Waals surface area contributed by atoms with Gasteiger partial charge in [0.05, 0.1) is 17.6 Å². The molecule has 7 heteroatoms. The Labute approximate surface area is 101 Å². The molecule has 0 aromatic heterocycles. The average molecular weight is 257 g/mol. The fraction of sp³-hybridized carbons (Fsp3) is 0.364. The van der Waals surface area contributed by atoms with Crippen molar-refractivity contribution in [1.29, 1.82) is 0 Å². The first kappa shape index (κ1) is 12.4. The lowest BCUT2D eigenvalue weighted by Gasteiger charge is -2.05. The summed E-state index contributed by atoms with van der Waals surface area (Å²) in [5.41, 5.74) is -1.37. The van der Waals surface area contributed by atoms with Gasteiger partial charge >= 0.3 is 5.97 Å². The van der Waals surface area contributed by atoms with Crippen molar-refractivity contribution in [2.24, 2.45) is 5.92 Å². The molecule has 0 radical (unpaired) electrons. The number of rotatable bonds is 4. The van der Waals surface area contributed by atoms with Gasteiger partial charge in [-0.15, -0.1) is 0 Å². The van der Waals surface area contributed by atoms with Gasteiger partial charge in [0.25, 0.3) is 5.69 Å². The molecule has 96 valence electrons. The number of hydrogen-bond donors (Lipinski definition) is 0. The van der Waals surface area contributed by atoms with E-state index in [0.29, 0.717) is 12.1 Å². The molecule has 1 saturated carbocycles. The van der Waals surface area contributed by atoms with Crippen molar-refractivity contribution < 1.29 is 23.2 Å². The number of nitro benzene ring substituents is 1. The molecule has 5 nitrogen and oxygen atoms in total. The van der Waals surface area contributed by atoms with Crippen LogP contribution in [0.15, 0.2) is 12.1 Å². The predicted octanol–water partition coefficient (Wildman–Crippen LogP) is 2.44. The molecule has 0 spiro atoms. The van der Waals surface area contributed by atoms with Gasteiger partial charge in [-0.3, -0.25) is 10.1 Å². The van der Waals surface area contributed by atoms with Crippen LogP contribution in [0.1, 0.15) is 23.2 Å². The monoisotopic (exact) mass is 257 g/mol. The molecular weight excluding hydrogens is 248 g/mol. The Balaban J connectivity index is 2.25. The topological polar surface area (TPSA) is 69.4 Å². The number of benzene rings is 1. The largest absolute Gasteiger partial charge is 0.462 e. The van der Waals surface area contributed by atoms with E-state index >= 15 is 0 Å². The van der Waals surface area contributed by atoms with Crippen LogP contribution in [0.3, 0.4) is 0 Å². The highest BCUT2D eigenvalue weighted by Crippen LogP contribution is 2.30. The quantitative estimate of drug-likeness (QED) is 0.472. The van der Waals surface area contributed by atoms with Crippen molar-refractivity contribution in [2.75, 3.05) is 6.61 Å². The Hall–Kier alpha value is -2.05. The summed E-state index contributed by atoms with van der Waals surface area (Å²) in [5, 5.41) is 10.6. The average Bonchev–Trinajstić information content (AvgIpc) is 3.12. The highest BCUT2D eigenvalue weighted by Gasteiger charge is 2.28. The predicted molar refractivity (Wildman–Crippen MR) is 56.0 cm³/mol. The summed E-state index contributed by atoms with van der Waals surface area (Å²) in [4.78, 5) is 21.3. The molecule has 0 atom stereocenters. The third kappa shape index (κ3) is 2.61. The minimum atomic E-state index is -1.37. The number of ether oxygens (including phenoxy) is 1. The Morgan fingerprint density at radius 1 is 1.39 bits per heavy atom. The van der Waals surface area contributed by atoms with Crippen LogP contribution in [0.4, 0.5) is 14.5 Å². The Morgan fingerprint density at radius 3 is 2.56 bits per heavy atom. The molecule has 1 aromatic carbocycles. The van der Waals surface area contributed by atoms with E-state index in [2.05, 4.69) is 0 Å². The van der Waals surface area contributed by atoms with E-state index in [1.807, 2.05) is 0 Å². The summed E-state index contributed by atoms with van der Waals surface area (Å²) in [6, 6.07) is 0.867. The number of halogens is 2. The first-order valence-electron chi connectivity index (χ1n) is 5.29. The summed E-state index contributed by atoms with van der Waals surface area (Å²) < 4.78 is 30.7. The lowest BCUT2D eigenvalue weighted by molar-refractivity contribution is -0.385. The summed E-state index contributed by atoms with van der Waals surface area (Å²) in [7, 11) is 0. The van der Waals surface area contributed by atoms with Gasteiger partial charge in [0, 0.05) is 0 Å². The van der Waals surface area contributed by atoms with Gasteiger partial charge < -0.3 is 4.74 Å². The maximum absolute atomic E-state index is 13.0. The van der Waals surface area contributed by atoms with Crippen molar-refractivity contribution in [3.05, 3.63) is 39.4 Å². The van der Waals surface area contributed by atoms with Gasteiger partial charge in [0.15, 0.2) is 11.6 Å². The zero-order valence-electron chi connectivity index (χ0n) is 9.19. The van der Waals surface area contributed by atoms with Crippen molar-refractivity contribution in [2.45, 2.75) is 12.8 Å². The molecule has 0 amide bonds. The van der Waals surface area contributed by atoms with Crippen molar-refractivity contribution in [3.63, 3.8) is 0 Å². The van der Waals surface area contributed by atoms with Gasteiger partial charge in [-0.25, -0.2) is 13.6 Å². The molecule has 0 aliphatic heterocycles. The van der Waals surface area contributed by atoms with E-state index < -0.39 is 33.8 Å². The second kappa shape index (κ2) is 4.67. The fourth-order valence-corrected chi connectivity index (χ4v) is 1.41. The number of carbonyl (C=O) groups excluding carboxylic acids is 1. The first-order valence-corrected chi connectivity index (χ1v) is 5.29. The SMILES string of the molecule is O=C(OCC1CC1)c1cc(F)c(F)cc1[N+](=O)[O-]. The third-order valence-corrected chi connectivity index (χ3v) is 2.60. The van der Waals surface area contributed by atoms with Gasteiger partial charge in [-0.05, 0) is 24.8 Å². The van der Waals surface area contributed by atoms with Crippen LogP contribution in [0.5, 0.6) is 0 Å². The summed E-state index contributed by atoms with van der Waals surface area (Å²) in [6.45, 7) is 0.148. The normalized spacial score (nSPS) is 14.3. The highest BCUT2D eigenvalue weighted by molar-refractivity contribution is 5.93. The van der Waals surface area contributed by atoms with E-state index in [4.69, 9.17) is 4.74 Å². The van der Waals surface area contributed by atoms with Crippen LogP contribution in [0, 0.1) is 27.7 Å². The molecule has 0 bridgehead atoms. The van der Waals surface area contributed by atoms with E-state index in [1.165, 1.54) is 0 Å². The number of esters is 1. The fourth-order valence-electron chi connectivity index (χ4n) is 1.41. The van der Waals surface area contributed by atoms with Crippen molar-refractivity contribution >= 4 is 11.7 Å². The van der Waals surface area contributed by atoms with Crippen LogP contribution in [-0.4, -0.2) is 17.5 Å². The van der Waals surface area contributed by atoms with Gasteiger partial charge in [0.1, 0.15) is 5.56 Å². The molecule has 1 aliphatic rings. The number of hydrogen-bond acceptors (Lipinski definition) is 4. The molecule has 1 aliphatic carbocycles. The smallest absolute Gasteiger partial charge is 0.345 e. The van der Waals surface area contributed by atoms with E-state index in [1.54, 1.807) is 0 Å². The molecule has 2 rings (SSSR count). The van der Waals surface area contributed by atoms with E-state index in [9.17, 15) is 23.7 Å². The van der Waals surface area contributed by atoms with Gasteiger partial charge in [-0.1, -0.05) is 0 Å². The summed E-state index contributed by atoms with van der Waals surface area (Å²) >= 11 is 0. The Bertz CT molecular complexity index is 514. The molecule has 1 fully saturated rings. The van der Waals surface area contributed by atoms with E-state index in [0.717, 1.165) is 12.8 Å². The molecular formula is C11H9F2NO4. The second-order valence-electron chi connectivity index (χ2n) is 4.08. The molecule has 0 unspecified atom stereocenters. The van der Waals surface area contributed by atoms with Crippen LogP contribution in [0.2, 0.25) is 0 Å². The van der Waals surface area contributed by atoms with Crippen LogP contribution >= 0.6 is 0 Å². The number of carbonyl (C=O) groups is 1. The molecule has 0 N–H and O–H groups in total. The minimum Gasteiger partial charge on any atom is -0.462 e. The highest BCUT2D eigenvalue weighted by atomic mass is 19.2. The minimum absolute atomic E-state index is 0.148. The van der Waals surface area contributed by atoms with Crippen LogP contribution < -0.4 is 0 Å². The lowest BCUT2D eigenvalue weighted by Crippen LogP contribution is -2.11. The molecule has 18 heavy (non-hydrogen) atoms. The third-order valence-electron chi connectivity index (χ3n) is 2.60. The standard InChI is InChI=1S/C11H9F2NO4/c12-8-3-7(10(14(16)17)4-9(8)13)11(15)18-5-6-1-2-6/h3-4,6H,1-2,5H2. The number of nitrogens with zero attached hydrogens (tertiary/aromatic N) is 1. The first-order chi connectivity index (χ1) is 8.49. The Kier molecular flexibility index (Phi) is 3.22. The van der Waals surface area contributed by atoms with Crippen LogP contribution in [-0.2, 0) is 4.74 Å². The maximum Gasteiger partial charge on any atom is 0.345 e. The van der Waals surface area contributed by atoms with Gasteiger partial charge in [-0.2, -0.15) is 0 Å². The maximum atomic E-state index is 13.0.